The first-order valence-electron chi connectivity index (χ1n) is 33.8. The van der Waals surface area contributed by atoms with Crippen molar-refractivity contribution in [3.63, 3.8) is 0 Å². The quantitative estimate of drug-likeness (QED) is 0.0382. The molecular formula is C66H110N8O21. The smallest absolute Gasteiger partial charge is 0.326 e. The van der Waals surface area contributed by atoms with Gasteiger partial charge < -0.3 is 77.1 Å². The molecule has 1 aromatic rings. The SMILES string of the molecule is CC(C)(CC(=O)[C@@H](N)Cc1cnc[nH]1)C(=O)CC[C@@H](CCCCNC(=O)CC[C@H](NC(=O)CC[C@H](CC(=O)COCCOCCNC(=O)COCCOCCCC(=O)CC[C@H](NC(=O)CCCCCCCCCCCCCCCCC(=O)O)C(=O)O)C(=O)O)C(=O)O)C(N)=O. The molecule has 0 aliphatic rings. The number of hydrogen-bond acceptors (Lipinski definition) is 19. The van der Waals surface area contributed by atoms with Crippen molar-refractivity contribution in [2.75, 3.05) is 65.9 Å². The van der Waals surface area contributed by atoms with Gasteiger partial charge in [-0.3, -0.25) is 52.7 Å². The van der Waals surface area contributed by atoms with Crippen LogP contribution in [0, 0.1) is 17.3 Å². The topological polar surface area (TPSA) is 469 Å². The van der Waals surface area contributed by atoms with Crippen molar-refractivity contribution < 1.29 is 102 Å². The van der Waals surface area contributed by atoms with Crippen LogP contribution < -0.4 is 32.7 Å². The average molecular weight is 1350 g/mol. The number of nitrogens with two attached hydrogens (primary N) is 2. The van der Waals surface area contributed by atoms with Gasteiger partial charge in [0.1, 0.15) is 36.9 Å². The molecule has 13 N–H and O–H groups in total. The van der Waals surface area contributed by atoms with Gasteiger partial charge in [-0.2, -0.15) is 0 Å². The van der Waals surface area contributed by atoms with Gasteiger partial charge in [0.15, 0.2) is 11.6 Å². The zero-order valence-corrected chi connectivity index (χ0v) is 56.1. The number of H-pyrrole nitrogens is 1. The molecule has 29 nitrogen and oxygen atoms in total. The minimum absolute atomic E-state index is 0.00210. The van der Waals surface area contributed by atoms with E-state index in [4.69, 9.17) is 35.5 Å². The summed E-state index contributed by atoms with van der Waals surface area (Å²) < 4.78 is 21.4. The Morgan fingerprint density at radius 1 is 0.495 bits per heavy atom. The maximum Gasteiger partial charge on any atom is 0.326 e. The van der Waals surface area contributed by atoms with Gasteiger partial charge in [-0.1, -0.05) is 97.3 Å². The molecule has 0 aromatic carbocycles. The lowest BCUT2D eigenvalue weighted by molar-refractivity contribution is -0.145. The molecule has 5 atom stereocenters. The van der Waals surface area contributed by atoms with Gasteiger partial charge in [0, 0.05) is 107 Å². The summed E-state index contributed by atoms with van der Waals surface area (Å²) in [6.07, 6.45) is 18.8. The Morgan fingerprint density at radius 3 is 1.57 bits per heavy atom. The van der Waals surface area contributed by atoms with Crippen LogP contribution in [0.2, 0.25) is 0 Å². The Kier molecular flexibility index (Phi) is 48.0. The lowest BCUT2D eigenvalue weighted by Crippen LogP contribution is -2.42. The highest BCUT2D eigenvalue weighted by Gasteiger charge is 2.33. The van der Waals surface area contributed by atoms with Crippen LogP contribution in [0.25, 0.3) is 0 Å². The van der Waals surface area contributed by atoms with Crippen LogP contribution in [0.5, 0.6) is 0 Å². The number of primary amides is 1. The fourth-order valence-electron chi connectivity index (χ4n) is 10.2. The Labute approximate surface area is 557 Å². The molecule has 0 saturated heterocycles. The van der Waals surface area contributed by atoms with Gasteiger partial charge in [0.2, 0.25) is 29.5 Å². The van der Waals surface area contributed by atoms with Gasteiger partial charge in [-0.15, -0.1) is 0 Å². The molecule has 0 radical (unpaired) electrons. The van der Waals surface area contributed by atoms with E-state index in [1.807, 2.05) is 0 Å². The highest BCUT2D eigenvalue weighted by molar-refractivity contribution is 5.93. The molecule has 1 aromatic heterocycles. The van der Waals surface area contributed by atoms with E-state index in [2.05, 4.69) is 31.2 Å². The van der Waals surface area contributed by atoms with Crippen LogP contribution in [-0.4, -0.2) is 191 Å². The van der Waals surface area contributed by atoms with Gasteiger partial charge in [-0.05, 0) is 57.8 Å². The van der Waals surface area contributed by atoms with Crippen molar-refractivity contribution in [2.45, 2.75) is 237 Å². The number of aliphatic carboxylic acids is 4. The maximum atomic E-state index is 13.1. The van der Waals surface area contributed by atoms with E-state index in [0.717, 1.165) is 51.4 Å². The van der Waals surface area contributed by atoms with Crippen molar-refractivity contribution in [3.05, 3.63) is 18.2 Å². The molecule has 540 valence electrons. The number of nitrogens with zero attached hydrogens (tertiary/aromatic N) is 1. The first-order chi connectivity index (χ1) is 45.3. The molecule has 0 fully saturated rings. The second-order valence-corrected chi connectivity index (χ2v) is 24.8. The van der Waals surface area contributed by atoms with E-state index in [9.17, 15) is 77.6 Å². The number of Topliss-reactive ketones (excluding diaryl/α,β-unsaturated/α-hetero) is 4. The average Bonchev–Trinajstić information content (AvgIpc) is 1.73. The van der Waals surface area contributed by atoms with E-state index in [0.29, 0.717) is 37.8 Å². The van der Waals surface area contributed by atoms with E-state index in [1.54, 1.807) is 20.0 Å². The Bertz CT molecular complexity index is 2460. The number of nitrogens with one attached hydrogen (secondary N) is 5. The monoisotopic (exact) mass is 1350 g/mol. The van der Waals surface area contributed by atoms with Gasteiger partial charge in [-0.25, -0.2) is 14.6 Å². The summed E-state index contributed by atoms with van der Waals surface area (Å²) in [4.78, 5) is 166. The molecule has 0 aliphatic carbocycles. The number of carboxylic acid groups (broad SMARTS) is 4. The third kappa shape index (κ3) is 46.6. The Hall–Kier alpha value is -7.08. The number of aromatic amines is 1. The van der Waals surface area contributed by atoms with Gasteiger partial charge >= 0.3 is 23.9 Å². The molecule has 0 saturated carbocycles. The zero-order chi connectivity index (χ0) is 70.7. The fourth-order valence-corrected chi connectivity index (χ4v) is 10.2. The minimum Gasteiger partial charge on any atom is -0.481 e. The second-order valence-electron chi connectivity index (χ2n) is 24.8. The number of ketones is 4. The Morgan fingerprint density at radius 2 is 1.01 bits per heavy atom. The van der Waals surface area contributed by atoms with Gasteiger partial charge in [0.25, 0.3) is 0 Å². The molecular weight excluding hydrogens is 1240 g/mol. The van der Waals surface area contributed by atoms with Crippen molar-refractivity contribution >= 4 is 76.5 Å². The molecule has 5 amide bonds. The number of aromatic nitrogens is 2. The highest BCUT2D eigenvalue weighted by atomic mass is 16.5. The summed E-state index contributed by atoms with van der Waals surface area (Å²) in [5.41, 5.74) is 11.3. The number of imidazole rings is 1. The predicted octanol–water partition coefficient (Wildman–Crippen LogP) is 5.00. The molecule has 95 heavy (non-hydrogen) atoms. The van der Waals surface area contributed by atoms with Crippen molar-refractivity contribution in [1.82, 2.24) is 31.2 Å². The molecule has 29 heteroatoms. The van der Waals surface area contributed by atoms with Crippen LogP contribution in [0.15, 0.2) is 12.5 Å². The van der Waals surface area contributed by atoms with E-state index in [-0.39, 0.29) is 160 Å². The number of amides is 5. The van der Waals surface area contributed by atoms with E-state index >= 15 is 0 Å². The number of carboxylic acids is 4. The molecule has 1 heterocycles. The number of rotatable bonds is 65. The first kappa shape index (κ1) is 85.9. The number of ether oxygens (including phenoxy) is 4. The molecule has 0 unspecified atom stereocenters. The number of carbonyl (C=O) groups is 13. The number of unbranched alkanes of at least 4 members (excludes halogenated alkanes) is 14. The second kappa shape index (κ2) is 53.1. The predicted molar refractivity (Wildman–Crippen MR) is 347 cm³/mol. The fraction of sp³-hybridized carbons (Fsp3) is 0.758. The van der Waals surface area contributed by atoms with Gasteiger partial charge in [0.05, 0.1) is 51.3 Å². The van der Waals surface area contributed by atoms with Crippen molar-refractivity contribution in [3.8, 4) is 0 Å². The summed E-state index contributed by atoms with van der Waals surface area (Å²) in [6, 6.07) is -3.43. The van der Waals surface area contributed by atoms with Crippen LogP contribution in [0.4, 0.5) is 0 Å². The molecule has 0 bridgehead atoms. The van der Waals surface area contributed by atoms with Crippen LogP contribution in [0.1, 0.15) is 219 Å². The Balaban J connectivity index is 2.13. The first-order valence-corrected chi connectivity index (χ1v) is 33.8. The third-order valence-corrected chi connectivity index (χ3v) is 16.0. The van der Waals surface area contributed by atoms with Crippen LogP contribution in [0.3, 0.4) is 0 Å². The summed E-state index contributed by atoms with van der Waals surface area (Å²) >= 11 is 0. The maximum absolute atomic E-state index is 13.1. The zero-order valence-electron chi connectivity index (χ0n) is 56.1. The summed E-state index contributed by atoms with van der Waals surface area (Å²) in [7, 11) is 0. The number of carbonyl (C=O) groups excluding carboxylic acids is 9. The highest BCUT2D eigenvalue weighted by Crippen LogP contribution is 2.28. The van der Waals surface area contributed by atoms with E-state index < -0.39 is 108 Å². The summed E-state index contributed by atoms with van der Waals surface area (Å²) in [5, 5.41) is 47.8. The van der Waals surface area contributed by atoms with Crippen LogP contribution >= 0.6 is 0 Å². The lowest BCUT2D eigenvalue weighted by Gasteiger charge is -2.24. The third-order valence-electron chi connectivity index (χ3n) is 16.0. The van der Waals surface area contributed by atoms with Crippen molar-refractivity contribution in [1.29, 1.82) is 0 Å². The standard InChI is InChI=1S/C66H110N8O21/c1-66(2,42-55(77)52(67)41-49-43-69-46-72-49)56(78)29-24-47(62(68)85)20-17-18-32-70-57(79)31-28-54(65(90)91)74-59(81)30-25-48(63(86)87)40-51(76)44-94-38-37-93-35-33-71-60(82)45-95-39-36-92-34-19-21-50(75)26-27-53(64(88)89)73-58(80)22-15-13-11-9-7-5-3-4-6-8-10-12-14-16-23-61(83)84/h43,46-48,52-54H,3-42,44-45,67H2,1-2H3,(H2,68,85)(H,69,72)(H,70,79)(H,71,82)(H,73,80)(H,74,81)(H,83,84)(H,86,87)(H,88,89)(H,90,91)/t47-,48-,52+,53+,54+/m1/s1. The molecule has 1 rings (SSSR count). The normalized spacial score (nSPS) is 13.0. The summed E-state index contributed by atoms with van der Waals surface area (Å²) in [5.74, 6) is -10.4. The minimum atomic E-state index is -1.46. The molecule has 0 aliphatic heterocycles. The molecule has 0 spiro atoms. The lowest BCUT2D eigenvalue weighted by atomic mass is 9.78. The van der Waals surface area contributed by atoms with Crippen LogP contribution in [-0.2, 0) is 87.7 Å². The number of hydrogen-bond donors (Lipinski definition) is 11. The van der Waals surface area contributed by atoms with Crippen molar-refractivity contribution in [2.24, 2.45) is 28.7 Å². The largest absolute Gasteiger partial charge is 0.481 e. The summed E-state index contributed by atoms with van der Waals surface area (Å²) in [6.45, 7) is 3.61. The van der Waals surface area contributed by atoms with E-state index in [1.165, 1.54) is 38.4 Å².